The van der Waals surface area contributed by atoms with Crippen LogP contribution in [0.15, 0.2) is 0 Å². The second kappa shape index (κ2) is 9.88. The van der Waals surface area contributed by atoms with Crippen molar-refractivity contribution in [3.8, 4) is 0 Å². The molecule has 0 saturated heterocycles. The molecule has 0 rings (SSSR count). The summed E-state index contributed by atoms with van der Waals surface area (Å²) in [6.45, 7) is 5.23. The van der Waals surface area contributed by atoms with E-state index in [1.165, 1.54) is 6.92 Å². The predicted octanol–water partition coefficient (Wildman–Crippen LogP) is 0.253. The fourth-order valence-electron chi connectivity index (χ4n) is 1.70. The maximum Gasteiger partial charge on any atom is 0.302 e. The molecule has 142 valence electrons. The van der Waals surface area contributed by atoms with Gasteiger partial charge in [-0.25, -0.2) is 10.0 Å². The molecule has 8 heteroatoms. The number of rotatable bonds is 10. The van der Waals surface area contributed by atoms with Crippen molar-refractivity contribution in [1.82, 2.24) is 10.6 Å². The Morgan fingerprint density at radius 1 is 1.12 bits per heavy atom. The third kappa shape index (κ3) is 10.5. The van der Waals surface area contributed by atoms with Gasteiger partial charge in [0.2, 0.25) is 11.8 Å². The van der Waals surface area contributed by atoms with Gasteiger partial charge < -0.3 is 20.5 Å². The van der Waals surface area contributed by atoms with E-state index >= 15 is 0 Å². The zero-order chi connectivity index (χ0) is 19.0. The van der Waals surface area contributed by atoms with Crippen molar-refractivity contribution in [2.24, 2.45) is 5.41 Å². The molecule has 0 aromatic rings. The van der Waals surface area contributed by atoms with Crippen molar-refractivity contribution < 1.29 is 24.2 Å². The van der Waals surface area contributed by atoms with Crippen LogP contribution < -0.4 is 10.6 Å². The lowest BCUT2D eigenvalue weighted by Gasteiger charge is -2.28. The Morgan fingerprint density at radius 2 is 1.71 bits per heavy atom. The molecular weight excluding hydrogens is 332 g/mol. The summed E-state index contributed by atoms with van der Waals surface area (Å²) in [6, 6.07) is 0. The van der Waals surface area contributed by atoms with Gasteiger partial charge in [-0.15, -0.1) is 0 Å². The number of nitrogens with one attached hydrogen (secondary N) is 2. The molecule has 0 aliphatic carbocycles. The summed E-state index contributed by atoms with van der Waals surface area (Å²) in [7, 11) is -0.646. The summed E-state index contributed by atoms with van der Waals surface area (Å²) in [4.78, 5) is 34.4. The molecule has 24 heavy (non-hydrogen) atoms. The van der Waals surface area contributed by atoms with Crippen LogP contribution in [0.25, 0.3) is 0 Å². The fraction of sp³-hybridized carbons (Fsp3) is 0.812. The molecule has 0 aromatic heterocycles. The Labute approximate surface area is 146 Å². The average molecular weight is 365 g/mol. The van der Waals surface area contributed by atoms with Gasteiger partial charge in [0.15, 0.2) is 0 Å². The molecule has 0 heterocycles. The van der Waals surface area contributed by atoms with Gasteiger partial charge in [-0.2, -0.15) is 0 Å². The van der Waals surface area contributed by atoms with E-state index in [0.29, 0.717) is 6.54 Å². The van der Waals surface area contributed by atoms with Crippen LogP contribution in [-0.4, -0.2) is 73.2 Å². The molecule has 0 bridgehead atoms. The number of ether oxygens (including phenoxy) is 1. The molecular formula is C16H32N2O5S. The van der Waals surface area contributed by atoms with Crippen molar-refractivity contribution in [1.29, 1.82) is 0 Å². The summed E-state index contributed by atoms with van der Waals surface area (Å²) in [5.41, 5.74) is -0.909. The summed E-state index contributed by atoms with van der Waals surface area (Å²) in [5.74, 6) is -0.232. The number of aliphatic hydroxyl groups excluding tert-OH is 1. The Balaban J connectivity index is 4.11. The van der Waals surface area contributed by atoms with Crippen molar-refractivity contribution in [3.63, 3.8) is 0 Å². The quantitative estimate of drug-likeness (QED) is 0.482. The molecule has 0 aliphatic heterocycles. The second-order valence-electron chi connectivity index (χ2n) is 7.36. The van der Waals surface area contributed by atoms with E-state index in [-0.39, 0.29) is 25.5 Å². The van der Waals surface area contributed by atoms with Crippen LogP contribution in [0.4, 0.5) is 0 Å². The first-order chi connectivity index (χ1) is 10.8. The highest BCUT2D eigenvalue weighted by Crippen LogP contribution is 2.33. The summed E-state index contributed by atoms with van der Waals surface area (Å²) in [5, 5.41) is 15.4. The zero-order valence-corrected chi connectivity index (χ0v) is 16.4. The minimum absolute atomic E-state index is 0.0630. The largest absolute Gasteiger partial charge is 0.465 e. The molecule has 1 unspecified atom stereocenters. The van der Waals surface area contributed by atoms with E-state index in [9.17, 15) is 19.5 Å². The van der Waals surface area contributed by atoms with E-state index in [1.807, 2.05) is 0 Å². The van der Waals surface area contributed by atoms with Crippen molar-refractivity contribution in [2.75, 3.05) is 44.2 Å². The van der Waals surface area contributed by atoms with Crippen LogP contribution in [0.2, 0.25) is 0 Å². The Kier molecular flexibility index (Phi) is 9.35. The van der Waals surface area contributed by atoms with Crippen LogP contribution in [0.3, 0.4) is 0 Å². The number of carbonyl (C=O) groups excluding carboxylic acids is 3. The Morgan fingerprint density at radius 3 is 2.21 bits per heavy atom. The third-order valence-corrected chi connectivity index (χ3v) is 4.75. The molecule has 0 fully saturated rings. The first kappa shape index (κ1) is 22.7. The van der Waals surface area contributed by atoms with Gasteiger partial charge in [0.1, 0.15) is 6.10 Å². The lowest BCUT2D eigenvalue weighted by molar-refractivity contribution is -0.151. The van der Waals surface area contributed by atoms with Gasteiger partial charge in [-0.05, 0) is 24.5 Å². The van der Waals surface area contributed by atoms with Gasteiger partial charge in [0.05, 0.1) is 6.61 Å². The first-order valence-electron chi connectivity index (χ1n) is 7.87. The molecule has 0 spiro atoms. The highest BCUT2D eigenvalue weighted by molar-refractivity contribution is 8.32. The SMILES string of the molecule is CC(=O)OCC(C)(C)C(O)C(=O)NCCC(=O)NCCS(C)(C)C. The number of esters is 1. The maximum absolute atomic E-state index is 11.9. The number of hydrogen-bond acceptors (Lipinski definition) is 5. The normalized spacial score (nSPS) is 13.8. The zero-order valence-electron chi connectivity index (χ0n) is 15.6. The van der Waals surface area contributed by atoms with Crippen LogP contribution >= 0.6 is 10.0 Å². The summed E-state index contributed by atoms with van der Waals surface area (Å²) < 4.78 is 4.85. The highest BCUT2D eigenvalue weighted by atomic mass is 32.3. The highest BCUT2D eigenvalue weighted by Gasteiger charge is 2.34. The van der Waals surface area contributed by atoms with Crippen LogP contribution in [-0.2, 0) is 19.1 Å². The standard InChI is InChI=1S/C16H32N2O5S/c1-12(19)23-11-16(2,3)14(21)15(22)18-8-7-13(20)17-9-10-24(4,5)6/h14,21H,7-11H2,1-6H3,(H,17,20)(H,18,22). The maximum atomic E-state index is 11.9. The van der Waals surface area contributed by atoms with Crippen molar-refractivity contribution >= 4 is 27.8 Å². The van der Waals surface area contributed by atoms with Gasteiger partial charge in [-0.1, -0.05) is 13.8 Å². The molecule has 0 saturated carbocycles. The molecule has 0 aliphatic rings. The third-order valence-electron chi connectivity index (χ3n) is 3.32. The smallest absolute Gasteiger partial charge is 0.302 e. The Hall–Kier alpha value is -1.28. The van der Waals surface area contributed by atoms with Crippen molar-refractivity contribution in [2.45, 2.75) is 33.3 Å². The van der Waals surface area contributed by atoms with Gasteiger partial charge in [0.25, 0.3) is 0 Å². The number of hydrogen-bond donors (Lipinski definition) is 3. The number of amides is 2. The van der Waals surface area contributed by atoms with Crippen LogP contribution in [0, 0.1) is 5.41 Å². The average Bonchev–Trinajstić information content (AvgIpc) is 2.42. The van der Waals surface area contributed by atoms with Crippen LogP contribution in [0.5, 0.6) is 0 Å². The minimum atomic E-state index is -1.33. The minimum Gasteiger partial charge on any atom is -0.465 e. The fourth-order valence-corrected chi connectivity index (χ4v) is 2.42. The Bertz CT molecular complexity index is 446. The molecule has 7 nitrogen and oxygen atoms in total. The molecule has 0 radical (unpaired) electrons. The van der Waals surface area contributed by atoms with E-state index in [2.05, 4.69) is 29.4 Å². The summed E-state index contributed by atoms with van der Waals surface area (Å²) in [6.07, 6.45) is 5.36. The monoisotopic (exact) mass is 364 g/mol. The van der Waals surface area contributed by atoms with Gasteiger partial charge in [0, 0.05) is 31.8 Å². The van der Waals surface area contributed by atoms with E-state index in [0.717, 1.165) is 5.75 Å². The van der Waals surface area contributed by atoms with Gasteiger partial charge in [-0.3, -0.25) is 14.4 Å². The van der Waals surface area contributed by atoms with E-state index in [1.54, 1.807) is 13.8 Å². The molecule has 3 N–H and O–H groups in total. The summed E-state index contributed by atoms with van der Waals surface area (Å²) >= 11 is 0. The predicted molar refractivity (Wildman–Crippen MR) is 97.3 cm³/mol. The van der Waals surface area contributed by atoms with E-state index < -0.39 is 33.4 Å². The molecule has 2 amide bonds. The number of aliphatic hydroxyl groups is 1. The first-order valence-corrected chi connectivity index (χ1v) is 10.9. The van der Waals surface area contributed by atoms with E-state index in [4.69, 9.17) is 4.74 Å². The topological polar surface area (TPSA) is 105 Å². The second-order valence-corrected chi connectivity index (χ2v) is 11.9. The molecule has 1 atom stereocenters. The lowest BCUT2D eigenvalue weighted by Crippen LogP contribution is -2.46. The number of carbonyl (C=O) groups is 3. The van der Waals surface area contributed by atoms with Crippen molar-refractivity contribution in [3.05, 3.63) is 0 Å². The lowest BCUT2D eigenvalue weighted by atomic mass is 9.87. The van der Waals surface area contributed by atoms with Gasteiger partial charge >= 0.3 is 5.97 Å². The van der Waals surface area contributed by atoms with Crippen LogP contribution in [0.1, 0.15) is 27.2 Å². The molecule has 0 aromatic carbocycles.